The molecule has 2 aromatic carbocycles. The highest BCUT2D eigenvalue weighted by Crippen LogP contribution is 2.30. The number of halogens is 2. The number of hydrogen-bond donors (Lipinski definition) is 1. The van der Waals surface area contributed by atoms with Crippen LogP contribution in [0.25, 0.3) is 0 Å². The van der Waals surface area contributed by atoms with Gasteiger partial charge < -0.3 is 5.32 Å². The first-order chi connectivity index (χ1) is 13.2. The third kappa shape index (κ3) is 6.12. The first-order valence-electron chi connectivity index (χ1n) is 9.00. The third-order valence-corrected chi connectivity index (χ3v) is 6.19. The van der Waals surface area contributed by atoms with Gasteiger partial charge in [-0.3, -0.25) is 9.10 Å². The fraction of sp³-hybridized carbons (Fsp3) is 0.350. The van der Waals surface area contributed by atoms with Crippen LogP contribution < -0.4 is 9.62 Å². The maximum Gasteiger partial charge on any atom is 0.243 e. The van der Waals surface area contributed by atoms with Crippen molar-refractivity contribution in [3.05, 3.63) is 64.1 Å². The Kier molecular flexibility index (Phi) is 8.16. The van der Waals surface area contributed by atoms with Crippen molar-refractivity contribution in [2.75, 3.05) is 17.1 Å². The molecule has 0 fully saturated rings. The Bertz CT molecular complexity index is 905. The zero-order valence-electron chi connectivity index (χ0n) is 15.9. The first kappa shape index (κ1) is 22.5. The Labute approximate surface area is 176 Å². The van der Waals surface area contributed by atoms with Crippen LogP contribution in [0.15, 0.2) is 48.5 Å². The van der Waals surface area contributed by atoms with Gasteiger partial charge in [-0.2, -0.15) is 0 Å². The van der Waals surface area contributed by atoms with E-state index in [1.54, 1.807) is 13.0 Å². The lowest BCUT2D eigenvalue weighted by Gasteiger charge is -2.30. The average molecular weight is 443 g/mol. The molecule has 2 aromatic rings. The van der Waals surface area contributed by atoms with E-state index in [1.165, 1.54) is 17.7 Å². The molecule has 0 aliphatic carbocycles. The van der Waals surface area contributed by atoms with E-state index in [0.29, 0.717) is 23.7 Å². The molecule has 0 aliphatic heterocycles. The molecule has 0 radical (unpaired) electrons. The van der Waals surface area contributed by atoms with Crippen LogP contribution in [-0.2, 0) is 21.2 Å². The number of carbonyl (C=O) groups excluding carboxylic acids is 1. The van der Waals surface area contributed by atoms with Gasteiger partial charge in [-0.15, -0.1) is 0 Å². The molecule has 0 heterocycles. The highest BCUT2D eigenvalue weighted by atomic mass is 35.5. The molecule has 0 bridgehead atoms. The SMILES string of the molecule is CC[C@@H](C(=O)NCCCc1ccccc1)N(c1ccc(Cl)c(Cl)c1)S(C)(=O)=O. The second-order valence-corrected chi connectivity index (χ2v) is 9.14. The predicted molar refractivity (Wildman–Crippen MR) is 116 cm³/mol. The van der Waals surface area contributed by atoms with Gasteiger partial charge in [0.2, 0.25) is 15.9 Å². The largest absolute Gasteiger partial charge is 0.354 e. The molecule has 28 heavy (non-hydrogen) atoms. The number of hydrogen-bond acceptors (Lipinski definition) is 3. The van der Waals surface area contributed by atoms with Crippen LogP contribution in [0.4, 0.5) is 5.69 Å². The van der Waals surface area contributed by atoms with Gasteiger partial charge in [0.05, 0.1) is 22.0 Å². The van der Waals surface area contributed by atoms with Crippen molar-refractivity contribution in [2.45, 2.75) is 32.2 Å². The minimum Gasteiger partial charge on any atom is -0.354 e. The quantitative estimate of drug-likeness (QED) is 0.588. The maximum atomic E-state index is 12.7. The van der Waals surface area contributed by atoms with Crippen molar-refractivity contribution >= 4 is 44.8 Å². The lowest BCUT2D eigenvalue weighted by Crippen LogP contribution is -2.49. The Balaban J connectivity index is 2.09. The minimum atomic E-state index is -3.71. The molecule has 8 heteroatoms. The van der Waals surface area contributed by atoms with Crippen LogP contribution >= 0.6 is 23.2 Å². The van der Waals surface area contributed by atoms with Crippen molar-refractivity contribution in [2.24, 2.45) is 0 Å². The summed E-state index contributed by atoms with van der Waals surface area (Å²) in [6.45, 7) is 2.23. The third-order valence-electron chi connectivity index (χ3n) is 4.27. The summed E-state index contributed by atoms with van der Waals surface area (Å²) in [7, 11) is -3.71. The van der Waals surface area contributed by atoms with Gasteiger partial charge in [0.1, 0.15) is 6.04 Å². The van der Waals surface area contributed by atoms with E-state index in [0.717, 1.165) is 23.4 Å². The number of sulfonamides is 1. The van der Waals surface area contributed by atoms with E-state index in [2.05, 4.69) is 5.32 Å². The molecule has 1 atom stereocenters. The molecule has 0 aliphatic rings. The summed E-state index contributed by atoms with van der Waals surface area (Å²) in [4.78, 5) is 12.7. The monoisotopic (exact) mass is 442 g/mol. The number of amides is 1. The number of aryl methyl sites for hydroxylation is 1. The van der Waals surface area contributed by atoms with E-state index in [9.17, 15) is 13.2 Å². The molecule has 0 saturated heterocycles. The average Bonchev–Trinajstić information content (AvgIpc) is 2.65. The summed E-state index contributed by atoms with van der Waals surface area (Å²) in [6, 6.07) is 13.6. The number of nitrogens with one attached hydrogen (secondary N) is 1. The Hall–Kier alpha value is -1.76. The predicted octanol–water partition coefficient (Wildman–Crippen LogP) is 4.29. The molecule has 5 nitrogen and oxygen atoms in total. The summed E-state index contributed by atoms with van der Waals surface area (Å²) in [6.07, 6.45) is 2.98. The number of anilines is 1. The molecule has 1 N–H and O–H groups in total. The smallest absolute Gasteiger partial charge is 0.243 e. The van der Waals surface area contributed by atoms with Gasteiger partial charge in [0, 0.05) is 6.54 Å². The van der Waals surface area contributed by atoms with Crippen molar-refractivity contribution in [3.8, 4) is 0 Å². The minimum absolute atomic E-state index is 0.228. The number of benzene rings is 2. The molecule has 0 aromatic heterocycles. The number of carbonyl (C=O) groups is 1. The highest BCUT2D eigenvalue weighted by molar-refractivity contribution is 7.92. The van der Waals surface area contributed by atoms with Crippen LogP contribution in [0, 0.1) is 0 Å². The van der Waals surface area contributed by atoms with Crippen LogP contribution in [0.3, 0.4) is 0 Å². The van der Waals surface area contributed by atoms with Gasteiger partial charge in [-0.05, 0) is 43.0 Å². The van der Waals surface area contributed by atoms with Gasteiger partial charge in [0.25, 0.3) is 0 Å². The molecule has 2 rings (SSSR count). The van der Waals surface area contributed by atoms with Crippen LogP contribution in [0.2, 0.25) is 10.0 Å². The zero-order valence-corrected chi connectivity index (χ0v) is 18.2. The van der Waals surface area contributed by atoms with E-state index in [4.69, 9.17) is 23.2 Å². The lowest BCUT2D eigenvalue weighted by atomic mass is 10.1. The topological polar surface area (TPSA) is 66.5 Å². The molecule has 1 amide bonds. The van der Waals surface area contributed by atoms with Crippen LogP contribution in [0.5, 0.6) is 0 Å². The van der Waals surface area contributed by atoms with Crippen molar-refractivity contribution in [1.82, 2.24) is 5.32 Å². The number of rotatable bonds is 9. The Morgan fingerprint density at radius 3 is 2.36 bits per heavy atom. The molecule has 0 unspecified atom stereocenters. The Morgan fingerprint density at radius 2 is 1.79 bits per heavy atom. The van der Waals surface area contributed by atoms with Gasteiger partial charge in [-0.1, -0.05) is 60.5 Å². The summed E-state index contributed by atoms with van der Waals surface area (Å²) in [5, 5.41) is 3.39. The van der Waals surface area contributed by atoms with E-state index >= 15 is 0 Å². The van der Waals surface area contributed by atoms with Crippen LogP contribution in [-0.4, -0.2) is 33.2 Å². The fourth-order valence-electron chi connectivity index (χ4n) is 2.95. The standard InChI is InChI=1S/C20H24Cl2N2O3S/c1-3-19(20(25)23-13-7-10-15-8-5-4-6-9-15)24(28(2,26)27)16-11-12-17(21)18(22)14-16/h4-6,8-9,11-12,14,19H,3,7,10,13H2,1-2H3,(H,23,25)/t19-/m0/s1. The molecular formula is C20H24Cl2N2O3S. The summed E-state index contributed by atoms with van der Waals surface area (Å²) >= 11 is 12.0. The van der Waals surface area contributed by atoms with Gasteiger partial charge >= 0.3 is 0 Å². The molecule has 152 valence electrons. The van der Waals surface area contributed by atoms with Gasteiger partial charge in [0.15, 0.2) is 0 Å². The van der Waals surface area contributed by atoms with Gasteiger partial charge in [-0.25, -0.2) is 8.42 Å². The van der Waals surface area contributed by atoms with E-state index < -0.39 is 16.1 Å². The van der Waals surface area contributed by atoms with Crippen molar-refractivity contribution in [3.63, 3.8) is 0 Å². The van der Waals surface area contributed by atoms with Crippen molar-refractivity contribution in [1.29, 1.82) is 0 Å². The second kappa shape index (κ2) is 10.1. The zero-order chi connectivity index (χ0) is 20.7. The fourth-order valence-corrected chi connectivity index (χ4v) is 4.44. The van der Waals surface area contributed by atoms with Crippen LogP contribution in [0.1, 0.15) is 25.3 Å². The van der Waals surface area contributed by atoms with E-state index in [1.807, 2.05) is 30.3 Å². The van der Waals surface area contributed by atoms with Crippen molar-refractivity contribution < 1.29 is 13.2 Å². The molecular weight excluding hydrogens is 419 g/mol. The maximum absolute atomic E-state index is 12.7. The molecule has 0 spiro atoms. The lowest BCUT2D eigenvalue weighted by molar-refractivity contribution is -0.122. The second-order valence-electron chi connectivity index (χ2n) is 6.46. The summed E-state index contributed by atoms with van der Waals surface area (Å²) in [5.74, 6) is -0.341. The summed E-state index contributed by atoms with van der Waals surface area (Å²) in [5.41, 5.74) is 1.50. The highest BCUT2D eigenvalue weighted by Gasteiger charge is 2.31. The molecule has 0 saturated carbocycles. The van der Waals surface area contributed by atoms with E-state index in [-0.39, 0.29) is 10.9 Å². The first-order valence-corrected chi connectivity index (χ1v) is 11.6. The Morgan fingerprint density at radius 1 is 1.11 bits per heavy atom. The normalized spacial score (nSPS) is 12.4. The summed E-state index contributed by atoms with van der Waals surface area (Å²) < 4.78 is 25.9. The number of nitrogens with zero attached hydrogens (tertiary/aromatic N) is 1.